The second kappa shape index (κ2) is 5.11. The molecule has 0 atom stereocenters. The van der Waals surface area contributed by atoms with Crippen molar-refractivity contribution in [2.45, 2.75) is 4.90 Å². The van der Waals surface area contributed by atoms with Gasteiger partial charge in [-0.2, -0.15) is 0 Å². The highest BCUT2D eigenvalue weighted by molar-refractivity contribution is 7.89. The van der Waals surface area contributed by atoms with E-state index in [2.05, 4.69) is 5.32 Å². The van der Waals surface area contributed by atoms with Gasteiger partial charge in [-0.25, -0.2) is 17.9 Å². The summed E-state index contributed by atoms with van der Waals surface area (Å²) >= 11 is 0. The topological polar surface area (TPSA) is 98.5 Å². The van der Waals surface area contributed by atoms with Gasteiger partial charge in [0.05, 0.1) is 0 Å². The summed E-state index contributed by atoms with van der Waals surface area (Å²) in [5, 5.41) is 7.18. The fourth-order valence-electron chi connectivity index (χ4n) is 1.04. The van der Waals surface area contributed by atoms with Crippen LogP contribution in [0.1, 0.15) is 0 Å². The lowest BCUT2D eigenvalue weighted by atomic mass is 10.3. The minimum absolute atomic E-state index is 0.169. The van der Waals surface area contributed by atoms with E-state index in [0.29, 0.717) is 0 Å². The molecular weight excluding hydrogens is 251 g/mol. The summed E-state index contributed by atoms with van der Waals surface area (Å²) in [6.45, 7) is -0.384. The number of amides is 1. The van der Waals surface area contributed by atoms with Crippen molar-refractivity contribution in [3.05, 3.63) is 24.0 Å². The summed E-state index contributed by atoms with van der Waals surface area (Å²) in [4.78, 5) is 10.4. The average Bonchev–Trinajstić information content (AvgIpc) is 2.25. The smallest absolute Gasteiger partial charge is 0.257 e. The van der Waals surface area contributed by atoms with Crippen molar-refractivity contribution in [1.29, 1.82) is 0 Å². The number of sulfonamides is 1. The van der Waals surface area contributed by atoms with Gasteiger partial charge in [-0.15, -0.1) is 0 Å². The first-order valence-electron chi connectivity index (χ1n) is 4.50. The van der Waals surface area contributed by atoms with Crippen LogP contribution in [0.3, 0.4) is 0 Å². The monoisotopic (exact) mass is 262 g/mol. The zero-order valence-electron chi connectivity index (χ0n) is 8.94. The SMILES string of the molecule is CNC(=O)COc1ccc(F)cc1S(N)(=O)=O. The molecule has 3 N–H and O–H groups in total. The van der Waals surface area contributed by atoms with E-state index < -0.39 is 26.6 Å². The fourth-order valence-corrected chi connectivity index (χ4v) is 1.72. The Balaban J connectivity index is 3.04. The number of rotatable bonds is 4. The Hall–Kier alpha value is -1.67. The van der Waals surface area contributed by atoms with Gasteiger partial charge in [-0.3, -0.25) is 4.79 Å². The summed E-state index contributed by atoms with van der Waals surface area (Å²) in [5.41, 5.74) is 0. The summed E-state index contributed by atoms with van der Waals surface area (Å²) in [6.07, 6.45) is 0. The first kappa shape index (κ1) is 13.4. The molecule has 0 unspecified atom stereocenters. The Labute approximate surface area is 97.6 Å². The van der Waals surface area contributed by atoms with Gasteiger partial charge in [-0.1, -0.05) is 0 Å². The maximum atomic E-state index is 12.9. The van der Waals surface area contributed by atoms with Crippen LogP contribution in [0.15, 0.2) is 23.1 Å². The lowest BCUT2D eigenvalue weighted by Gasteiger charge is -2.09. The third-order valence-electron chi connectivity index (χ3n) is 1.85. The molecule has 0 bridgehead atoms. The summed E-state index contributed by atoms with van der Waals surface area (Å²) in [7, 11) is -2.71. The highest BCUT2D eigenvalue weighted by Crippen LogP contribution is 2.23. The molecule has 1 aromatic carbocycles. The lowest BCUT2D eigenvalue weighted by molar-refractivity contribution is -0.122. The number of nitrogens with one attached hydrogen (secondary N) is 1. The van der Waals surface area contributed by atoms with E-state index >= 15 is 0 Å². The second-order valence-electron chi connectivity index (χ2n) is 3.10. The first-order valence-corrected chi connectivity index (χ1v) is 6.05. The first-order chi connectivity index (χ1) is 7.84. The van der Waals surface area contributed by atoms with Crippen molar-refractivity contribution in [3.63, 3.8) is 0 Å². The van der Waals surface area contributed by atoms with Gasteiger partial charge >= 0.3 is 0 Å². The van der Waals surface area contributed by atoms with Gasteiger partial charge in [0, 0.05) is 7.05 Å². The van der Waals surface area contributed by atoms with Crippen LogP contribution in [-0.4, -0.2) is 28.0 Å². The maximum Gasteiger partial charge on any atom is 0.257 e. The van der Waals surface area contributed by atoms with E-state index in [4.69, 9.17) is 9.88 Å². The third kappa shape index (κ3) is 3.68. The predicted octanol–water partition coefficient (Wildman–Crippen LogP) is -0.402. The van der Waals surface area contributed by atoms with Gasteiger partial charge in [0.1, 0.15) is 16.5 Å². The Bertz CT molecular complexity index is 530. The van der Waals surface area contributed by atoms with Crippen molar-refractivity contribution < 1.29 is 22.3 Å². The molecule has 0 saturated carbocycles. The Morgan fingerprint density at radius 3 is 2.71 bits per heavy atom. The van der Waals surface area contributed by atoms with E-state index in [0.717, 1.165) is 18.2 Å². The molecule has 0 aromatic heterocycles. The molecule has 6 nitrogen and oxygen atoms in total. The molecule has 94 valence electrons. The lowest BCUT2D eigenvalue weighted by Crippen LogP contribution is -2.25. The maximum absolute atomic E-state index is 12.9. The minimum Gasteiger partial charge on any atom is -0.482 e. The molecule has 0 spiro atoms. The largest absolute Gasteiger partial charge is 0.482 e. The molecular formula is C9H11FN2O4S. The van der Waals surface area contributed by atoms with Gasteiger partial charge in [0.2, 0.25) is 10.0 Å². The van der Waals surface area contributed by atoms with Crippen molar-refractivity contribution in [2.75, 3.05) is 13.7 Å². The van der Waals surface area contributed by atoms with Gasteiger partial charge in [-0.05, 0) is 18.2 Å². The second-order valence-corrected chi connectivity index (χ2v) is 4.63. The molecule has 0 aliphatic carbocycles. The molecule has 1 amide bonds. The zero-order valence-corrected chi connectivity index (χ0v) is 9.75. The summed E-state index contributed by atoms with van der Waals surface area (Å²) in [5.74, 6) is -1.38. The number of ether oxygens (including phenoxy) is 1. The van der Waals surface area contributed by atoms with E-state index in [-0.39, 0.29) is 12.4 Å². The van der Waals surface area contributed by atoms with E-state index in [1.54, 1.807) is 0 Å². The number of hydrogen-bond donors (Lipinski definition) is 2. The Morgan fingerprint density at radius 1 is 1.53 bits per heavy atom. The highest BCUT2D eigenvalue weighted by atomic mass is 32.2. The summed E-state index contributed by atoms with van der Waals surface area (Å²) < 4.78 is 40.1. The van der Waals surface area contributed by atoms with Crippen molar-refractivity contribution in [3.8, 4) is 5.75 Å². The van der Waals surface area contributed by atoms with Gasteiger partial charge < -0.3 is 10.1 Å². The number of carbonyl (C=O) groups is 1. The highest BCUT2D eigenvalue weighted by Gasteiger charge is 2.17. The predicted molar refractivity (Wildman–Crippen MR) is 57.3 cm³/mol. The zero-order chi connectivity index (χ0) is 13.1. The Morgan fingerprint density at radius 2 is 2.18 bits per heavy atom. The molecule has 17 heavy (non-hydrogen) atoms. The van der Waals surface area contributed by atoms with Crippen molar-refractivity contribution in [1.82, 2.24) is 5.32 Å². The molecule has 1 aromatic rings. The minimum atomic E-state index is -4.11. The number of carbonyl (C=O) groups excluding carboxylic acids is 1. The molecule has 0 radical (unpaired) electrons. The number of likely N-dealkylation sites (N-methyl/N-ethyl adjacent to an activating group) is 1. The summed E-state index contributed by atoms with van der Waals surface area (Å²) in [6, 6.07) is 2.83. The number of nitrogens with two attached hydrogens (primary N) is 1. The van der Waals surface area contributed by atoms with Crippen LogP contribution in [0.25, 0.3) is 0 Å². The average molecular weight is 262 g/mol. The van der Waals surface area contributed by atoms with E-state index in [9.17, 15) is 17.6 Å². The van der Waals surface area contributed by atoms with Crippen LogP contribution in [0.2, 0.25) is 0 Å². The van der Waals surface area contributed by atoms with Crippen LogP contribution in [0, 0.1) is 5.82 Å². The quantitative estimate of drug-likeness (QED) is 0.771. The van der Waals surface area contributed by atoms with Crippen molar-refractivity contribution >= 4 is 15.9 Å². The van der Waals surface area contributed by atoms with E-state index in [1.807, 2.05) is 0 Å². The molecule has 0 fully saturated rings. The molecule has 0 aliphatic rings. The van der Waals surface area contributed by atoms with Crippen LogP contribution in [-0.2, 0) is 14.8 Å². The normalized spacial score (nSPS) is 11.0. The number of primary sulfonamides is 1. The molecule has 8 heteroatoms. The number of hydrogen-bond acceptors (Lipinski definition) is 4. The standard InChI is InChI=1S/C9H11FN2O4S/c1-12-9(13)5-16-7-3-2-6(10)4-8(7)17(11,14)15/h2-4H,5H2,1H3,(H,12,13)(H2,11,14,15). The van der Waals surface area contributed by atoms with Crippen molar-refractivity contribution in [2.24, 2.45) is 5.14 Å². The molecule has 0 saturated heterocycles. The van der Waals surface area contributed by atoms with Crippen LogP contribution < -0.4 is 15.2 Å². The van der Waals surface area contributed by atoms with Crippen LogP contribution in [0.4, 0.5) is 4.39 Å². The third-order valence-corrected chi connectivity index (χ3v) is 2.78. The molecule has 0 heterocycles. The molecule has 1 rings (SSSR count). The number of halogens is 1. The Kier molecular flexibility index (Phi) is 4.02. The van der Waals surface area contributed by atoms with Gasteiger partial charge in [0.15, 0.2) is 6.61 Å². The van der Waals surface area contributed by atoms with E-state index in [1.165, 1.54) is 7.05 Å². The number of benzene rings is 1. The molecule has 0 aliphatic heterocycles. The fraction of sp³-hybridized carbons (Fsp3) is 0.222. The van der Waals surface area contributed by atoms with Gasteiger partial charge in [0.25, 0.3) is 5.91 Å². The van der Waals surface area contributed by atoms with Crippen LogP contribution in [0.5, 0.6) is 5.75 Å². The van der Waals surface area contributed by atoms with Crippen LogP contribution >= 0.6 is 0 Å².